The molecule has 5 aliphatic rings. The van der Waals surface area contributed by atoms with Gasteiger partial charge in [0.15, 0.2) is 0 Å². The summed E-state index contributed by atoms with van der Waals surface area (Å²) < 4.78 is 6.00. The van der Waals surface area contributed by atoms with Crippen LogP contribution in [0.25, 0.3) is 0 Å². The first kappa shape index (κ1) is 12.0. The standard InChI is InChI=1S/C16H24N2O2/c17-15-9-2-1-8(5-9)14(15)16(19)18-6-10-11(7-18)13-4-3-12(10)20-13/h8-15H,1-7,17H2. The zero-order valence-corrected chi connectivity index (χ0v) is 11.9. The third kappa shape index (κ3) is 1.42. The lowest BCUT2D eigenvalue weighted by molar-refractivity contribution is -0.137. The summed E-state index contributed by atoms with van der Waals surface area (Å²) in [5, 5.41) is 0. The van der Waals surface area contributed by atoms with Crippen LogP contribution in [-0.2, 0) is 9.53 Å². The fourth-order valence-electron chi connectivity index (χ4n) is 6.05. The Bertz CT molecular complexity index is 434. The maximum Gasteiger partial charge on any atom is 0.227 e. The Hall–Kier alpha value is -0.610. The fourth-order valence-corrected chi connectivity index (χ4v) is 6.05. The Kier molecular flexibility index (Phi) is 2.38. The zero-order chi connectivity index (χ0) is 13.4. The van der Waals surface area contributed by atoms with Crippen molar-refractivity contribution < 1.29 is 9.53 Å². The van der Waals surface area contributed by atoms with Crippen LogP contribution in [0.2, 0.25) is 0 Å². The van der Waals surface area contributed by atoms with Crippen molar-refractivity contribution in [2.45, 2.75) is 50.4 Å². The molecule has 3 heterocycles. The van der Waals surface area contributed by atoms with Gasteiger partial charge in [-0.2, -0.15) is 0 Å². The summed E-state index contributed by atoms with van der Waals surface area (Å²) in [6.07, 6.45) is 6.98. The van der Waals surface area contributed by atoms with Crippen LogP contribution in [0.3, 0.4) is 0 Å². The molecule has 5 rings (SSSR count). The molecule has 1 amide bonds. The van der Waals surface area contributed by atoms with E-state index in [2.05, 4.69) is 4.90 Å². The molecule has 0 aromatic rings. The van der Waals surface area contributed by atoms with Gasteiger partial charge in [0, 0.05) is 31.0 Å². The van der Waals surface area contributed by atoms with Crippen molar-refractivity contribution in [3.8, 4) is 0 Å². The summed E-state index contributed by atoms with van der Waals surface area (Å²) >= 11 is 0. The van der Waals surface area contributed by atoms with Crippen molar-refractivity contribution in [2.24, 2.45) is 35.3 Å². The van der Waals surface area contributed by atoms with E-state index >= 15 is 0 Å². The van der Waals surface area contributed by atoms with Gasteiger partial charge in [-0.1, -0.05) is 0 Å². The summed E-state index contributed by atoms with van der Waals surface area (Å²) in [5.41, 5.74) is 6.34. The third-order valence-electron chi connectivity index (χ3n) is 7.03. The van der Waals surface area contributed by atoms with Crippen LogP contribution in [0, 0.1) is 29.6 Å². The molecular formula is C16H24N2O2. The second-order valence-corrected chi connectivity index (χ2v) is 7.80. The predicted molar refractivity (Wildman–Crippen MR) is 73.8 cm³/mol. The van der Waals surface area contributed by atoms with Crippen LogP contribution in [0.15, 0.2) is 0 Å². The molecule has 4 nitrogen and oxygen atoms in total. The molecule has 2 aliphatic carbocycles. The first-order valence-electron chi connectivity index (χ1n) is 8.42. The monoisotopic (exact) mass is 276 g/mol. The summed E-state index contributed by atoms with van der Waals surface area (Å²) in [4.78, 5) is 15.1. The Morgan fingerprint density at radius 3 is 2.25 bits per heavy atom. The lowest BCUT2D eigenvalue weighted by atomic mass is 9.82. The van der Waals surface area contributed by atoms with Gasteiger partial charge in [-0.05, 0) is 43.9 Å². The van der Waals surface area contributed by atoms with Crippen molar-refractivity contribution >= 4 is 5.91 Å². The molecule has 3 aliphatic heterocycles. The minimum absolute atomic E-state index is 0.131. The number of ether oxygens (including phenoxy) is 1. The number of rotatable bonds is 1. The number of carbonyl (C=O) groups is 1. The highest BCUT2D eigenvalue weighted by atomic mass is 16.5. The number of fused-ring (bicyclic) bond motifs is 7. The van der Waals surface area contributed by atoms with Gasteiger partial charge in [0.2, 0.25) is 5.91 Å². The second-order valence-electron chi connectivity index (χ2n) is 7.80. The van der Waals surface area contributed by atoms with Gasteiger partial charge in [-0.25, -0.2) is 0 Å². The summed E-state index contributed by atoms with van der Waals surface area (Å²) in [5.74, 6) is 2.94. The van der Waals surface area contributed by atoms with E-state index in [1.165, 1.54) is 32.1 Å². The molecule has 0 spiro atoms. The van der Waals surface area contributed by atoms with E-state index < -0.39 is 0 Å². The molecule has 2 N–H and O–H groups in total. The van der Waals surface area contributed by atoms with Crippen LogP contribution in [0.1, 0.15) is 32.1 Å². The highest BCUT2D eigenvalue weighted by Gasteiger charge is 2.56. The number of amides is 1. The molecule has 2 saturated carbocycles. The fraction of sp³-hybridized carbons (Fsp3) is 0.938. The number of hydrogen-bond donors (Lipinski definition) is 1. The number of likely N-dealkylation sites (tertiary alicyclic amines) is 1. The largest absolute Gasteiger partial charge is 0.374 e. The van der Waals surface area contributed by atoms with Crippen LogP contribution in [-0.4, -0.2) is 42.1 Å². The minimum Gasteiger partial charge on any atom is -0.374 e. The molecule has 0 aromatic heterocycles. The van der Waals surface area contributed by atoms with E-state index in [4.69, 9.17) is 10.5 Å². The van der Waals surface area contributed by atoms with E-state index in [0.29, 0.717) is 41.8 Å². The van der Waals surface area contributed by atoms with Crippen molar-refractivity contribution in [2.75, 3.05) is 13.1 Å². The first-order valence-corrected chi connectivity index (χ1v) is 8.42. The second kappa shape index (κ2) is 3.98. The predicted octanol–water partition coefficient (Wildman–Crippen LogP) is 0.996. The van der Waals surface area contributed by atoms with Gasteiger partial charge in [-0.15, -0.1) is 0 Å². The smallest absolute Gasteiger partial charge is 0.227 e. The Balaban J connectivity index is 1.34. The van der Waals surface area contributed by atoms with Crippen molar-refractivity contribution in [3.05, 3.63) is 0 Å². The van der Waals surface area contributed by atoms with Crippen molar-refractivity contribution in [1.29, 1.82) is 0 Å². The van der Waals surface area contributed by atoms with E-state index in [-0.39, 0.29) is 12.0 Å². The molecule has 0 aromatic carbocycles. The molecule has 5 fully saturated rings. The molecule has 0 radical (unpaired) electrons. The molecular weight excluding hydrogens is 252 g/mol. The number of hydrogen-bond acceptors (Lipinski definition) is 3. The Labute approximate surface area is 120 Å². The van der Waals surface area contributed by atoms with Crippen LogP contribution in [0.5, 0.6) is 0 Å². The third-order valence-corrected chi connectivity index (χ3v) is 7.03. The summed E-state index contributed by atoms with van der Waals surface area (Å²) in [6.45, 7) is 1.87. The summed E-state index contributed by atoms with van der Waals surface area (Å²) in [6, 6.07) is 0.134. The molecule has 20 heavy (non-hydrogen) atoms. The Morgan fingerprint density at radius 1 is 1.00 bits per heavy atom. The van der Waals surface area contributed by atoms with Gasteiger partial charge in [-0.3, -0.25) is 4.79 Å². The lowest BCUT2D eigenvalue weighted by Crippen LogP contribution is -2.47. The van der Waals surface area contributed by atoms with Crippen LogP contribution in [0.4, 0.5) is 0 Å². The van der Waals surface area contributed by atoms with Crippen LogP contribution >= 0.6 is 0 Å². The van der Waals surface area contributed by atoms with Gasteiger partial charge in [0.25, 0.3) is 0 Å². The molecule has 4 heteroatoms. The number of nitrogens with two attached hydrogens (primary N) is 1. The molecule has 110 valence electrons. The van der Waals surface area contributed by atoms with Gasteiger partial charge >= 0.3 is 0 Å². The maximum atomic E-state index is 12.9. The van der Waals surface area contributed by atoms with Crippen molar-refractivity contribution in [1.82, 2.24) is 4.90 Å². The Morgan fingerprint density at radius 2 is 1.65 bits per heavy atom. The minimum atomic E-state index is 0.131. The van der Waals surface area contributed by atoms with Gasteiger partial charge < -0.3 is 15.4 Å². The maximum absolute atomic E-state index is 12.9. The average molecular weight is 276 g/mol. The number of nitrogens with zero attached hydrogens (tertiary/aromatic N) is 1. The zero-order valence-electron chi connectivity index (χ0n) is 11.9. The molecule has 8 atom stereocenters. The van der Waals surface area contributed by atoms with Gasteiger partial charge in [0.05, 0.1) is 18.1 Å². The molecule has 3 saturated heterocycles. The molecule has 4 bridgehead atoms. The van der Waals surface area contributed by atoms with Crippen molar-refractivity contribution in [3.63, 3.8) is 0 Å². The SMILES string of the molecule is NC1C2CCC(C2)C1C(=O)N1CC2C3CCC(O3)C2C1. The first-order chi connectivity index (χ1) is 9.72. The lowest BCUT2D eigenvalue weighted by Gasteiger charge is -2.31. The van der Waals surface area contributed by atoms with E-state index in [1.54, 1.807) is 0 Å². The summed E-state index contributed by atoms with van der Waals surface area (Å²) in [7, 11) is 0. The topological polar surface area (TPSA) is 55.6 Å². The average Bonchev–Trinajstić information content (AvgIpc) is 3.21. The highest BCUT2D eigenvalue weighted by molar-refractivity contribution is 5.81. The van der Waals surface area contributed by atoms with E-state index in [0.717, 1.165) is 13.1 Å². The number of carbonyl (C=O) groups excluding carboxylic acids is 1. The van der Waals surface area contributed by atoms with E-state index in [1.807, 2.05) is 0 Å². The molecule has 8 unspecified atom stereocenters. The quantitative estimate of drug-likeness (QED) is 0.777. The van der Waals surface area contributed by atoms with E-state index in [9.17, 15) is 4.79 Å². The highest BCUT2D eigenvalue weighted by Crippen LogP contribution is 2.51. The normalized spacial score (nSPS) is 55.8. The van der Waals surface area contributed by atoms with Gasteiger partial charge in [0.1, 0.15) is 0 Å². The van der Waals surface area contributed by atoms with Crippen LogP contribution < -0.4 is 5.73 Å².